The summed E-state index contributed by atoms with van der Waals surface area (Å²) in [7, 11) is 3.07. The van der Waals surface area contributed by atoms with Crippen LogP contribution in [0.3, 0.4) is 0 Å². The van der Waals surface area contributed by atoms with Crippen molar-refractivity contribution in [3.63, 3.8) is 0 Å². The molecule has 0 N–H and O–H groups in total. The summed E-state index contributed by atoms with van der Waals surface area (Å²) in [6.07, 6.45) is 3.22. The number of amides is 3. The molecule has 114 valence electrons. The van der Waals surface area contributed by atoms with Gasteiger partial charge < -0.3 is 4.42 Å². The van der Waals surface area contributed by atoms with Gasteiger partial charge >= 0.3 is 6.03 Å². The molecule has 7 nitrogen and oxygen atoms in total. The van der Waals surface area contributed by atoms with Crippen LogP contribution in [0.1, 0.15) is 12.7 Å². The Balaban J connectivity index is 1.99. The molecule has 0 aromatic carbocycles. The van der Waals surface area contributed by atoms with E-state index in [0.717, 1.165) is 10.5 Å². The van der Waals surface area contributed by atoms with Crippen LogP contribution in [0.15, 0.2) is 44.6 Å². The molecule has 0 radical (unpaired) electrons. The minimum absolute atomic E-state index is 0.313. The van der Waals surface area contributed by atoms with Gasteiger partial charge in [-0.3, -0.25) is 19.6 Å². The van der Waals surface area contributed by atoms with Crippen molar-refractivity contribution in [1.82, 2.24) is 9.80 Å². The maximum absolute atomic E-state index is 12.5. The SMILES string of the molecule is CC1=CN=C2C(C(=O)N(C)C(=O)N2C)C1=NCc1ccco1. The van der Waals surface area contributed by atoms with Gasteiger partial charge in [-0.15, -0.1) is 0 Å². The Morgan fingerprint density at radius 1 is 1.32 bits per heavy atom. The molecule has 3 rings (SSSR count). The molecular weight excluding hydrogens is 284 g/mol. The van der Waals surface area contributed by atoms with E-state index < -0.39 is 11.9 Å². The van der Waals surface area contributed by atoms with Crippen LogP contribution in [0, 0.1) is 5.92 Å². The maximum atomic E-state index is 12.5. The van der Waals surface area contributed by atoms with Crippen molar-refractivity contribution >= 4 is 23.5 Å². The molecule has 0 aliphatic carbocycles. The molecule has 1 aromatic rings. The fourth-order valence-electron chi connectivity index (χ4n) is 2.55. The average Bonchev–Trinajstić information content (AvgIpc) is 3.02. The van der Waals surface area contributed by atoms with Crippen molar-refractivity contribution in [3.8, 4) is 0 Å². The van der Waals surface area contributed by atoms with Crippen LogP contribution < -0.4 is 0 Å². The molecule has 22 heavy (non-hydrogen) atoms. The average molecular weight is 300 g/mol. The van der Waals surface area contributed by atoms with E-state index in [1.54, 1.807) is 25.6 Å². The van der Waals surface area contributed by atoms with Gasteiger partial charge in [0.15, 0.2) is 0 Å². The number of hydrogen-bond donors (Lipinski definition) is 0. The number of carbonyl (C=O) groups excluding carboxylic acids is 2. The summed E-state index contributed by atoms with van der Waals surface area (Å²) < 4.78 is 5.27. The van der Waals surface area contributed by atoms with Crippen LogP contribution in [-0.4, -0.2) is 47.4 Å². The van der Waals surface area contributed by atoms with Gasteiger partial charge in [-0.05, 0) is 24.6 Å². The van der Waals surface area contributed by atoms with E-state index >= 15 is 0 Å². The summed E-state index contributed by atoms with van der Waals surface area (Å²) in [6, 6.07) is 3.22. The van der Waals surface area contributed by atoms with Crippen LogP contribution in [0.25, 0.3) is 0 Å². The fourth-order valence-corrected chi connectivity index (χ4v) is 2.55. The van der Waals surface area contributed by atoms with Crippen LogP contribution in [0.4, 0.5) is 4.79 Å². The monoisotopic (exact) mass is 300 g/mol. The summed E-state index contributed by atoms with van der Waals surface area (Å²) in [4.78, 5) is 35.8. The van der Waals surface area contributed by atoms with Crippen molar-refractivity contribution in [2.75, 3.05) is 14.1 Å². The Labute approximate surface area is 127 Å². The van der Waals surface area contributed by atoms with Crippen LogP contribution in [-0.2, 0) is 11.3 Å². The Hall–Kier alpha value is -2.70. The van der Waals surface area contributed by atoms with E-state index in [1.807, 2.05) is 13.0 Å². The Bertz CT molecular complexity index is 715. The number of allylic oxidation sites excluding steroid dienone is 1. The van der Waals surface area contributed by atoms with Gasteiger partial charge in [0.2, 0.25) is 5.91 Å². The van der Waals surface area contributed by atoms with E-state index in [2.05, 4.69) is 9.98 Å². The number of hydrogen-bond acceptors (Lipinski definition) is 5. The zero-order valence-electron chi connectivity index (χ0n) is 12.6. The number of nitrogens with zero attached hydrogens (tertiary/aromatic N) is 4. The third-order valence-corrected chi connectivity index (χ3v) is 3.81. The van der Waals surface area contributed by atoms with Crippen molar-refractivity contribution in [2.24, 2.45) is 15.9 Å². The first-order valence-electron chi connectivity index (χ1n) is 6.87. The number of imide groups is 1. The first-order valence-corrected chi connectivity index (χ1v) is 6.87. The lowest BCUT2D eigenvalue weighted by molar-refractivity contribution is -0.128. The van der Waals surface area contributed by atoms with Crippen LogP contribution >= 0.6 is 0 Å². The van der Waals surface area contributed by atoms with Gasteiger partial charge in [0.25, 0.3) is 0 Å². The summed E-state index contributed by atoms with van der Waals surface area (Å²) in [5.41, 5.74) is 1.43. The molecule has 3 amide bonds. The summed E-state index contributed by atoms with van der Waals surface area (Å²) in [5, 5.41) is 0. The molecule has 1 atom stereocenters. The van der Waals surface area contributed by atoms with Gasteiger partial charge in [-0.1, -0.05) is 0 Å². The number of furan rings is 1. The van der Waals surface area contributed by atoms with Gasteiger partial charge in [0.05, 0.1) is 18.5 Å². The predicted molar refractivity (Wildman–Crippen MR) is 80.5 cm³/mol. The normalized spacial score (nSPS) is 23.6. The Morgan fingerprint density at radius 2 is 2.09 bits per heavy atom. The number of aliphatic imine (C=N–C) groups is 2. The number of urea groups is 1. The molecule has 1 unspecified atom stereocenters. The van der Waals surface area contributed by atoms with Crippen LogP contribution in [0.2, 0.25) is 0 Å². The maximum Gasteiger partial charge on any atom is 0.331 e. The third kappa shape index (κ3) is 2.14. The Morgan fingerprint density at radius 3 is 2.77 bits per heavy atom. The molecule has 1 aromatic heterocycles. The second-order valence-corrected chi connectivity index (χ2v) is 5.25. The molecule has 0 bridgehead atoms. The van der Waals surface area contributed by atoms with Gasteiger partial charge in [-0.2, -0.15) is 0 Å². The summed E-state index contributed by atoms with van der Waals surface area (Å²) in [6.45, 7) is 2.19. The van der Waals surface area contributed by atoms with E-state index in [-0.39, 0.29) is 5.91 Å². The summed E-state index contributed by atoms with van der Waals surface area (Å²) in [5.74, 6) is 0.169. The van der Waals surface area contributed by atoms with Crippen molar-refractivity contribution in [2.45, 2.75) is 13.5 Å². The van der Waals surface area contributed by atoms with Crippen molar-refractivity contribution in [3.05, 3.63) is 35.9 Å². The lowest BCUT2D eigenvalue weighted by Crippen LogP contribution is -2.59. The molecule has 3 heterocycles. The minimum atomic E-state index is -0.646. The highest BCUT2D eigenvalue weighted by atomic mass is 16.3. The number of amidine groups is 1. The molecule has 1 fully saturated rings. The number of rotatable bonds is 2. The second-order valence-electron chi connectivity index (χ2n) is 5.25. The molecule has 2 aliphatic heterocycles. The molecule has 7 heteroatoms. The molecule has 2 aliphatic rings. The van der Waals surface area contributed by atoms with Crippen molar-refractivity contribution in [1.29, 1.82) is 0 Å². The zero-order valence-corrected chi connectivity index (χ0v) is 12.6. The number of carbonyl (C=O) groups is 2. The standard InChI is InChI=1S/C15H16N4O3/c1-9-7-17-13-11(14(20)19(3)15(21)18(13)2)12(9)16-8-10-5-4-6-22-10/h4-7,11H,8H2,1-3H3. The minimum Gasteiger partial charge on any atom is -0.467 e. The first-order chi connectivity index (χ1) is 10.5. The molecule has 0 saturated carbocycles. The highest BCUT2D eigenvalue weighted by molar-refractivity contribution is 6.33. The molecular formula is C15H16N4O3. The molecule has 0 spiro atoms. The topological polar surface area (TPSA) is 78.5 Å². The highest BCUT2D eigenvalue weighted by Gasteiger charge is 2.44. The van der Waals surface area contributed by atoms with E-state index in [9.17, 15) is 9.59 Å². The largest absolute Gasteiger partial charge is 0.467 e. The summed E-state index contributed by atoms with van der Waals surface area (Å²) >= 11 is 0. The smallest absolute Gasteiger partial charge is 0.331 e. The van der Waals surface area contributed by atoms with Gasteiger partial charge in [0, 0.05) is 20.3 Å². The first kappa shape index (κ1) is 14.2. The van der Waals surface area contributed by atoms with Crippen molar-refractivity contribution < 1.29 is 14.0 Å². The van der Waals surface area contributed by atoms with Gasteiger partial charge in [0.1, 0.15) is 17.5 Å². The Kier molecular flexibility index (Phi) is 3.40. The lowest BCUT2D eigenvalue weighted by Gasteiger charge is -2.37. The third-order valence-electron chi connectivity index (χ3n) is 3.81. The highest BCUT2D eigenvalue weighted by Crippen LogP contribution is 2.25. The van der Waals surface area contributed by atoms with E-state index in [4.69, 9.17) is 4.42 Å². The van der Waals surface area contributed by atoms with E-state index in [1.165, 1.54) is 11.9 Å². The van der Waals surface area contributed by atoms with Gasteiger partial charge in [-0.25, -0.2) is 9.79 Å². The number of fused-ring (bicyclic) bond motifs is 1. The molecule has 1 saturated heterocycles. The second kappa shape index (κ2) is 5.25. The fraction of sp³-hybridized carbons (Fsp3) is 0.333. The predicted octanol–water partition coefficient (Wildman–Crippen LogP) is 1.68. The lowest BCUT2D eigenvalue weighted by atomic mass is 9.91. The van der Waals surface area contributed by atoms with E-state index in [0.29, 0.717) is 23.9 Å². The van der Waals surface area contributed by atoms with Crippen LogP contribution in [0.5, 0.6) is 0 Å². The zero-order chi connectivity index (χ0) is 15.9. The quantitative estimate of drug-likeness (QED) is 0.833.